The van der Waals surface area contributed by atoms with Crippen molar-refractivity contribution in [2.24, 2.45) is 10.9 Å². The SMILES string of the molecule is C/C=C\C(C)CCNC(=NC(=N)c1ccccc1)c1cc(-n2c3ccccc3c3ccccc32)c(-n2c3ccccc3c3ccccc32)c(-n2c3ccccc3c3ccccc32)c1-c1ccc(C#N)cc1. The van der Waals surface area contributed by atoms with Gasteiger partial charge >= 0.3 is 0 Å². The number of nitriles is 1. The van der Waals surface area contributed by atoms with Crippen LogP contribution in [0.5, 0.6) is 0 Å². The Morgan fingerprint density at radius 3 is 1.44 bits per heavy atom. The van der Waals surface area contributed by atoms with Crippen molar-refractivity contribution >= 4 is 77.1 Å². The van der Waals surface area contributed by atoms with E-state index in [1.165, 1.54) is 0 Å². The molecule has 7 nitrogen and oxygen atoms in total. The van der Waals surface area contributed by atoms with Crippen molar-refractivity contribution in [1.29, 1.82) is 10.7 Å². The number of amidine groups is 2. The van der Waals surface area contributed by atoms with E-state index >= 15 is 0 Å². The molecule has 12 aromatic rings. The zero-order valence-corrected chi connectivity index (χ0v) is 39.5. The second-order valence-electron chi connectivity index (χ2n) is 18.2. The second kappa shape index (κ2) is 18.0. The minimum Gasteiger partial charge on any atom is -0.369 e. The molecule has 340 valence electrons. The van der Waals surface area contributed by atoms with Gasteiger partial charge in [0, 0.05) is 55.6 Å². The fourth-order valence-corrected chi connectivity index (χ4v) is 10.8. The van der Waals surface area contributed by atoms with Crippen molar-refractivity contribution in [2.45, 2.75) is 20.3 Å². The quantitative estimate of drug-likeness (QED) is 0.0813. The predicted octanol–water partition coefficient (Wildman–Crippen LogP) is 15.5. The van der Waals surface area contributed by atoms with Gasteiger partial charge in [-0.2, -0.15) is 5.26 Å². The Balaban J connectivity index is 1.36. The van der Waals surface area contributed by atoms with Gasteiger partial charge in [0.25, 0.3) is 0 Å². The first-order valence-electron chi connectivity index (χ1n) is 24.3. The van der Waals surface area contributed by atoms with E-state index in [0.29, 0.717) is 29.4 Å². The van der Waals surface area contributed by atoms with E-state index in [1.807, 2.05) is 42.5 Å². The van der Waals surface area contributed by atoms with Crippen molar-refractivity contribution in [3.8, 4) is 34.3 Å². The van der Waals surface area contributed by atoms with Gasteiger partial charge in [-0.05, 0) is 79.4 Å². The zero-order chi connectivity index (χ0) is 48.0. The standard InChI is InChI=1S/C64H49N7/c1-3-19-42(2)38-39-67-64(68-63(66)45-20-5-4-6-21-45)52-40-59(69-53-28-13-7-22-46(53)47-23-8-14-29-54(47)69)61(70-55-30-15-9-24-48(55)49-25-10-16-31-56(49)70)62(60(52)44-36-34-43(41-65)35-37-44)71-57-32-17-11-26-50(57)51-27-12-18-33-58(51)71/h3-37,40,42H,38-39H2,1-2H3,(H2,66,67,68)/b19-3-. The second-order valence-corrected chi connectivity index (χ2v) is 18.2. The fourth-order valence-electron chi connectivity index (χ4n) is 10.8. The van der Waals surface area contributed by atoms with Gasteiger partial charge in [0.15, 0.2) is 5.84 Å². The van der Waals surface area contributed by atoms with Gasteiger partial charge < -0.3 is 19.0 Å². The van der Waals surface area contributed by atoms with Gasteiger partial charge in [-0.3, -0.25) is 5.41 Å². The van der Waals surface area contributed by atoms with Crippen LogP contribution in [0.3, 0.4) is 0 Å². The Morgan fingerprint density at radius 1 is 0.563 bits per heavy atom. The van der Waals surface area contributed by atoms with Crippen molar-refractivity contribution in [3.63, 3.8) is 0 Å². The van der Waals surface area contributed by atoms with Gasteiger partial charge in [0.05, 0.1) is 61.8 Å². The van der Waals surface area contributed by atoms with Gasteiger partial charge in [0.2, 0.25) is 0 Å². The van der Waals surface area contributed by atoms with Crippen LogP contribution in [0.15, 0.2) is 223 Å². The highest BCUT2D eigenvalue weighted by molar-refractivity contribution is 6.19. The number of allylic oxidation sites excluding steroid dienone is 2. The van der Waals surface area contributed by atoms with E-state index in [-0.39, 0.29) is 5.84 Å². The summed E-state index contributed by atoms with van der Waals surface area (Å²) in [6.07, 6.45) is 5.18. The highest BCUT2D eigenvalue weighted by Crippen LogP contribution is 2.48. The van der Waals surface area contributed by atoms with Crippen molar-refractivity contribution in [2.75, 3.05) is 6.54 Å². The molecule has 0 bridgehead atoms. The first kappa shape index (κ1) is 43.1. The number of benzene rings is 9. The molecule has 3 aromatic heterocycles. The number of hydrogen-bond acceptors (Lipinski definition) is 2. The van der Waals surface area contributed by atoms with Gasteiger partial charge in [-0.1, -0.05) is 171 Å². The number of rotatable bonds is 10. The lowest BCUT2D eigenvalue weighted by Gasteiger charge is -2.28. The molecule has 7 heteroatoms. The first-order valence-corrected chi connectivity index (χ1v) is 24.3. The van der Waals surface area contributed by atoms with Crippen LogP contribution in [0, 0.1) is 22.7 Å². The molecule has 0 aliphatic heterocycles. The summed E-state index contributed by atoms with van der Waals surface area (Å²) in [5.41, 5.74) is 13.0. The Labute approximate surface area is 412 Å². The van der Waals surface area contributed by atoms with Crippen LogP contribution in [0.2, 0.25) is 0 Å². The van der Waals surface area contributed by atoms with E-state index < -0.39 is 0 Å². The number of aliphatic imine (C=N–C) groups is 1. The summed E-state index contributed by atoms with van der Waals surface area (Å²) in [7, 11) is 0. The largest absolute Gasteiger partial charge is 0.369 e. The van der Waals surface area contributed by atoms with E-state index in [9.17, 15) is 10.7 Å². The summed E-state index contributed by atoms with van der Waals surface area (Å²) in [6, 6.07) is 74.6. The summed E-state index contributed by atoms with van der Waals surface area (Å²) in [4.78, 5) is 5.36. The molecule has 1 unspecified atom stereocenters. The Kier molecular flexibility index (Phi) is 10.9. The molecular weight excluding hydrogens is 867 g/mol. The average molecular weight is 916 g/mol. The van der Waals surface area contributed by atoms with Crippen LogP contribution >= 0.6 is 0 Å². The van der Waals surface area contributed by atoms with Gasteiger partial charge in [0.1, 0.15) is 5.84 Å². The minimum atomic E-state index is 0.142. The van der Waals surface area contributed by atoms with Crippen LogP contribution in [-0.2, 0) is 0 Å². The molecule has 0 amide bonds. The molecule has 0 spiro atoms. The number of nitrogens with one attached hydrogen (secondary N) is 2. The lowest BCUT2D eigenvalue weighted by molar-refractivity contribution is 0.632. The molecule has 71 heavy (non-hydrogen) atoms. The van der Waals surface area contributed by atoms with Crippen molar-refractivity contribution < 1.29 is 0 Å². The molecule has 9 aromatic carbocycles. The first-order chi connectivity index (χ1) is 35.0. The van der Waals surface area contributed by atoms with Crippen LogP contribution in [0.25, 0.3) is 93.6 Å². The van der Waals surface area contributed by atoms with Crippen molar-refractivity contribution in [3.05, 3.63) is 235 Å². The topological polar surface area (TPSA) is 86.8 Å². The predicted molar refractivity (Wildman–Crippen MR) is 296 cm³/mol. The Bertz CT molecular complexity index is 3980. The molecule has 3 heterocycles. The molecule has 2 N–H and O–H groups in total. The Hall–Kier alpha value is -9.25. The van der Waals surface area contributed by atoms with Crippen molar-refractivity contribution in [1.82, 2.24) is 19.0 Å². The van der Waals surface area contributed by atoms with E-state index in [0.717, 1.165) is 106 Å². The van der Waals surface area contributed by atoms with Crippen LogP contribution in [-0.4, -0.2) is 31.9 Å². The molecule has 0 saturated carbocycles. The summed E-state index contributed by atoms with van der Waals surface area (Å²) in [5, 5.41) is 30.6. The van der Waals surface area contributed by atoms with E-state index in [1.54, 1.807) is 0 Å². The monoisotopic (exact) mass is 915 g/mol. The van der Waals surface area contributed by atoms with Gasteiger partial charge in [-0.25, -0.2) is 4.99 Å². The maximum Gasteiger partial charge on any atom is 0.154 e. The molecule has 0 fully saturated rings. The molecule has 0 aliphatic rings. The highest BCUT2D eigenvalue weighted by atomic mass is 15.1. The molecule has 0 aliphatic carbocycles. The Morgan fingerprint density at radius 2 is 0.986 bits per heavy atom. The lowest BCUT2D eigenvalue weighted by atomic mass is 9.92. The fraction of sp³-hybridized carbons (Fsp3) is 0.0781. The van der Waals surface area contributed by atoms with Gasteiger partial charge in [-0.15, -0.1) is 0 Å². The van der Waals surface area contributed by atoms with E-state index in [2.05, 4.69) is 215 Å². The lowest BCUT2D eigenvalue weighted by Crippen LogP contribution is -2.29. The number of para-hydroxylation sites is 6. The number of hydrogen-bond donors (Lipinski definition) is 2. The molecular formula is C64H49N7. The number of nitrogens with zero attached hydrogens (tertiary/aromatic N) is 5. The molecule has 1 atom stereocenters. The number of fused-ring (bicyclic) bond motifs is 9. The maximum absolute atomic E-state index is 10.2. The maximum atomic E-state index is 10.2. The zero-order valence-electron chi connectivity index (χ0n) is 39.5. The third-order valence-corrected chi connectivity index (χ3v) is 13.9. The smallest absolute Gasteiger partial charge is 0.154 e. The molecule has 12 rings (SSSR count). The van der Waals surface area contributed by atoms with E-state index in [4.69, 9.17) is 4.99 Å². The summed E-state index contributed by atoms with van der Waals surface area (Å²) >= 11 is 0. The molecule has 0 saturated heterocycles. The van der Waals surface area contributed by atoms with Crippen LogP contribution in [0.4, 0.5) is 0 Å². The van der Waals surface area contributed by atoms with Crippen LogP contribution in [0.1, 0.15) is 37.0 Å². The number of aromatic nitrogens is 3. The minimum absolute atomic E-state index is 0.142. The summed E-state index contributed by atoms with van der Waals surface area (Å²) < 4.78 is 7.35. The normalized spacial score (nSPS) is 12.5. The average Bonchev–Trinajstić information content (AvgIpc) is 4.06. The third-order valence-electron chi connectivity index (χ3n) is 13.9. The summed E-state index contributed by atoms with van der Waals surface area (Å²) in [6.45, 7) is 4.89. The highest BCUT2D eigenvalue weighted by Gasteiger charge is 2.31. The van der Waals surface area contributed by atoms with Crippen LogP contribution < -0.4 is 5.32 Å². The summed E-state index contributed by atoms with van der Waals surface area (Å²) in [5.74, 6) is 1.02. The molecule has 0 radical (unpaired) electrons. The third kappa shape index (κ3) is 7.28.